The molecule has 0 radical (unpaired) electrons. The molecule has 0 atom stereocenters. The fraction of sp³-hybridized carbons (Fsp3) is 0.571. The van der Waals surface area contributed by atoms with Crippen LogP contribution in [-0.4, -0.2) is 41.0 Å². The van der Waals surface area contributed by atoms with E-state index in [0.29, 0.717) is 6.04 Å². The summed E-state index contributed by atoms with van der Waals surface area (Å²) in [5, 5.41) is 2.76. The van der Waals surface area contributed by atoms with Crippen molar-refractivity contribution >= 4 is 5.91 Å². The molecule has 2 rings (SSSR count). The van der Waals surface area contributed by atoms with Crippen LogP contribution >= 0.6 is 0 Å². The van der Waals surface area contributed by atoms with Crippen molar-refractivity contribution in [3.8, 4) is 0 Å². The minimum absolute atomic E-state index is 0.00752. The lowest BCUT2D eigenvalue weighted by Crippen LogP contribution is -2.46. The summed E-state index contributed by atoms with van der Waals surface area (Å²) in [5.41, 5.74) is -0.288. The number of hydrogen-bond acceptors (Lipinski definition) is 3. The maximum absolute atomic E-state index is 13.5. The highest BCUT2D eigenvalue weighted by molar-refractivity contribution is 5.94. The van der Waals surface area contributed by atoms with E-state index in [1.54, 1.807) is 0 Å². The molecule has 0 aliphatic carbocycles. The van der Waals surface area contributed by atoms with E-state index in [4.69, 9.17) is 0 Å². The van der Waals surface area contributed by atoms with Crippen molar-refractivity contribution in [3.05, 3.63) is 29.6 Å². The number of nitrogens with one attached hydrogen (secondary N) is 1. The van der Waals surface area contributed by atoms with Crippen molar-refractivity contribution in [1.82, 2.24) is 15.2 Å². The predicted molar refractivity (Wildman–Crippen MR) is 71.4 cm³/mol. The van der Waals surface area contributed by atoms with Crippen LogP contribution in [0.15, 0.2) is 12.3 Å². The normalized spacial score (nSPS) is 17.4. The maximum Gasteiger partial charge on any atom is 0.254 e. The molecule has 0 spiro atoms. The summed E-state index contributed by atoms with van der Waals surface area (Å²) in [5.74, 6) is -3.01. The van der Waals surface area contributed by atoms with Crippen LogP contribution in [0.1, 0.15) is 37.0 Å². The molecule has 1 amide bonds. The molecule has 0 aromatic carbocycles. The first-order valence-electron chi connectivity index (χ1n) is 6.84. The fourth-order valence-electron chi connectivity index (χ4n) is 2.42. The summed E-state index contributed by atoms with van der Waals surface area (Å²) < 4.78 is 26.5. The van der Waals surface area contributed by atoms with E-state index in [0.717, 1.165) is 32.1 Å². The average molecular weight is 283 g/mol. The summed E-state index contributed by atoms with van der Waals surface area (Å²) in [4.78, 5) is 17.4. The van der Waals surface area contributed by atoms with Crippen molar-refractivity contribution in [1.29, 1.82) is 0 Å². The largest absolute Gasteiger partial charge is 0.349 e. The van der Waals surface area contributed by atoms with Crippen molar-refractivity contribution in [3.63, 3.8) is 0 Å². The van der Waals surface area contributed by atoms with Gasteiger partial charge < -0.3 is 10.2 Å². The minimum atomic E-state index is -1.24. The number of carbonyl (C=O) groups excluding carboxylic acids is 1. The molecule has 1 aromatic heterocycles. The zero-order valence-electron chi connectivity index (χ0n) is 11.7. The van der Waals surface area contributed by atoms with Gasteiger partial charge in [0, 0.05) is 31.4 Å². The van der Waals surface area contributed by atoms with E-state index < -0.39 is 17.7 Å². The first kappa shape index (κ1) is 14.8. The molecule has 2 heterocycles. The van der Waals surface area contributed by atoms with Crippen molar-refractivity contribution in [2.24, 2.45) is 0 Å². The van der Waals surface area contributed by atoms with E-state index in [-0.39, 0.29) is 11.6 Å². The van der Waals surface area contributed by atoms with Crippen LogP contribution in [0.2, 0.25) is 0 Å². The SMILES string of the molecule is CC(C)N1CCC(NC(=O)c2ccnc(F)c2F)CC1. The van der Waals surface area contributed by atoms with E-state index in [1.807, 2.05) is 0 Å². The Hall–Kier alpha value is -1.56. The Kier molecular flexibility index (Phi) is 4.65. The molecule has 4 nitrogen and oxygen atoms in total. The lowest BCUT2D eigenvalue weighted by molar-refractivity contribution is 0.0895. The first-order valence-corrected chi connectivity index (χ1v) is 6.84. The number of amides is 1. The minimum Gasteiger partial charge on any atom is -0.349 e. The van der Waals surface area contributed by atoms with Crippen LogP contribution in [0.5, 0.6) is 0 Å². The summed E-state index contributed by atoms with van der Waals surface area (Å²) in [7, 11) is 0. The molecular weight excluding hydrogens is 264 g/mol. The summed E-state index contributed by atoms with van der Waals surface area (Å²) in [6.45, 7) is 6.06. The van der Waals surface area contributed by atoms with Gasteiger partial charge in [-0.25, -0.2) is 9.37 Å². The van der Waals surface area contributed by atoms with Gasteiger partial charge in [0.05, 0.1) is 5.56 Å². The number of carbonyl (C=O) groups is 1. The lowest BCUT2D eigenvalue weighted by Gasteiger charge is -2.34. The zero-order chi connectivity index (χ0) is 14.7. The van der Waals surface area contributed by atoms with E-state index in [2.05, 4.69) is 29.0 Å². The van der Waals surface area contributed by atoms with Gasteiger partial charge in [-0.2, -0.15) is 4.39 Å². The number of piperidine rings is 1. The summed E-state index contributed by atoms with van der Waals surface area (Å²) in [6.07, 6.45) is 2.73. The Morgan fingerprint density at radius 1 is 1.40 bits per heavy atom. The Morgan fingerprint density at radius 2 is 2.05 bits per heavy atom. The molecule has 1 aromatic rings. The van der Waals surface area contributed by atoms with Crippen LogP contribution in [0.3, 0.4) is 0 Å². The van der Waals surface area contributed by atoms with Gasteiger partial charge in [-0.05, 0) is 32.8 Å². The number of aromatic nitrogens is 1. The third kappa shape index (κ3) is 3.30. The smallest absolute Gasteiger partial charge is 0.254 e. The second kappa shape index (κ2) is 6.26. The standard InChI is InChI=1S/C14H19F2N3O/c1-9(2)19-7-4-10(5-8-19)18-14(20)11-3-6-17-13(16)12(11)15/h3,6,9-10H,4-5,7-8H2,1-2H3,(H,18,20). The van der Waals surface area contributed by atoms with Gasteiger partial charge in [0.2, 0.25) is 5.95 Å². The number of rotatable bonds is 3. The van der Waals surface area contributed by atoms with Crippen molar-refractivity contribution < 1.29 is 13.6 Å². The first-order chi connectivity index (χ1) is 9.49. The molecule has 0 unspecified atom stereocenters. The lowest BCUT2D eigenvalue weighted by atomic mass is 10.0. The fourth-order valence-corrected chi connectivity index (χ4v) is 2.42. The van der Waals surface area contributed by atoms with Crippen LogP contribution in [-0.2, 0) is 0 Å². The van der Waals surface area contributed by atoms with Crippen molar-refractivity contribution in [2.75, 3.05) is 13.1 Å². The Labute approximate surface area is 117 Å². The molecular formula is C14H19F2N3O. The molecule has 1 aliphatic rings. The van der Waals surface area contributed by atoms with E-state index in [9.17, 15) is 13.6 Å². The molecule has 1 saturated heterocycles. The number of nitrogens with zero attached hydrogens (tertiary/aromatic N) is 2. The number of halogens is 2. The highest BCUT2D eigenvalue weighted by Crippen LogP contribution is 2.15. The van der Waals surface area contributed by atoms with Gasteiger partial charge in [0.15, 0.2) is 5.82 Å². The van der Waals surface area contributed by atoms with Crippen LogP contribution < -0.4 is 5.32 Å². The summed E-state index contributed by atoms with van der Waals surface area (Å²) in [6, 6.07) is 1.68. The zero-order valence-corrected chi connectivity index (χ0v) is 11.7. The second-order valence-corrected chi connectivity index (χ2v) is 5.34. The Bertz CT molecular complexity index is 485. The number of pyridine rings is 1. The molecule has 1 fully saturated rings. The molecule has 1 N–H and O–H groups in total. The topological polar surface area (TPSA) is 45.2 Å². The highest BCUT2D eigenvalue weighted by atomic mass is 19.2. The van der Waals surface area contributed by atoms with Gasteiger partial charge in [0.1, 0.15) is 0 Å². The molecule has 0 saturated carbocycles. The van der Waals surface area contributed by atoms with Gasteiger partial charge in [0.25, 0.3) is 5.91 Å². The van der Waals surface area contributed by atoms with Gasteiger partial charge in [-0.1, -0.05) is 0 Å². The predicted octanol–water partition coefficient (Wildman–Crippen LogP) is 1.96. The molecule has 20 heavy (non-hydrogen) atoms. The van der Waals surface area contributed by atoms with Crippen LogP contribution in [0.25, 0.3) is 0 Å². The molecule has 1 aliphatic heterocycles. The second-order valence-electron chi connectivity index (χ2n) is 5.34. The number of hydrogen-bond donors (Lipinski definition) is 1. The average Bonchev–Trinajstić information content (AvgIpc) is 2.42. The van der Waals surface area contributed by atoms with Gasteiger partial charge in [-0.3, -0.25) is 4.79 Å². The highest BCUT2D eigenvalue weighted by Gasteiger charge is 2.24. The van der Waals surface area contributed by atoms with E-state index in [1.165, 1.54) is 6.07 Å². The van der Waals surface area contributed by atoms with E-state index >= 15 is 0 Å². The molecule has 0 bridgehead atoms. The Morgan fingerprint density at radius 3 is 2.65 bits per heavy atom. The third-order valence-electron chi connectivity index (χ3n) is 3.69. The van der Waals surface area contributed by atoms with Crippen LogP contribution in [0, 0.1) is 11.8 Å². The molecule has 110 valence electrons. The molecule has 6 heteroatoms. The monoisotopic (exact) mass is 283 g/mol. The summed E-state index contributed by atoms with van der Waals surface area (Å²) >= 11 is 0. The van der Waals surface area contributed by atoms with Gasteiger partial charge >= 0.3 is 0 Å². The van der Waals surface area contributed by atoms with Crippen LogP contribution in [0.4, 0.5) is 8.78 Å². The van der Waals surface area contributed by atoms with Crippen molar-refractivity contribution in [2.45, 2.75) is 38.8 Å². The third-order valence-corrected chi connectivity index (χ3v) is 3.69. The maximum atomic E-state index is 13.5. The number of likely N-dealkylation sites (tertiary alicyclic amines) is 1. The Balaban J connectivity index is 1.94. The quantitative estimate of drug-likeness (QED) is 0.863. The van der Waals surface area contributed by atoms with Gasteiger partial charge in [-0.15, -0.1) is 0 Å².